The summed E-state index contributed by atoms with van der Waals surface area (Å²) in [6.45, 7) is 12.2. The number of unbranched alkanes of at least 4 members (excludes halogenated alkanes) is 1. The molecule has 0 radical (unpaired) electrons. The summed E-state index contributed by atoms with van der Waals surface area (Å²) < 4.78 is 0. The van der Waals surface area contributed by atoms with Crippen molar-refractivity contribution in [2.24, 2.45) is 51.8 Å². The maximum absolute atomic E-state index is 12.2. The van der Waals surface area contributed by atoms with Crippen molar-refractivity contribution in [2.45, 2.75) is 111 Å². The van der Waals surface area contributed by atoms with Gasteiger partial charge in [-0.25, -0.2) is 0 Å². The van der Waals surface area contributed by atoms with Gasteiger partial charge in [0, 0.05) is 0 Å². The van der Waals surface area contributed by atoms with Crippen molar-refractivity contribution in [2.75, 3.05) is 0 Å². The van der Waals surface area contributed by atoms with Crippen molar-refractivity contribution in [3.8, 4) is 0 Å². The molecule has 0 aromatic carbocycles. The minimum atomic E-state index is -0.545. The molecule has 3 nitrogen and oxygen atoms in total. The predicted molar refractivity (Wildman–Crippen MR) is 121 cm³/mol. The van der Waals surface area contributed by atoms with Crippen LogP contribution >= 0.6 is 0 Å². The molecule has 4 aliphatic carbocycles. The van der Waals surface area contributed by atoms with Crippen LogP contribution < -0.4 is 0 Å². The fraction of sp³-hybridized carbons (Fsp3) is 0.963. The lowest BCUT2D eigenvalue weighted by Crippen LogP contribution is -2.64. The van der Waals surface area contributed by atoms with E-state index in [4.69, 9.17) is 0 Å². The number of fused-ring (bicyclic) bond motifs is 5. The van der Waals surface area contributed by atoms with E-state index in [2.05, 4.69) is 34.6 Å². The maximum Gasteiger partial charge on any atom is 0.306 e. The van der Waals surface area contributed by atoms with Gasteiger partial charge in [-0.1, -0.05) is 47.5 Å². The molecule has 0 amide bonds. The average Bonchev–Trinajstić information content (AvgIpc) is 2.69. The number of hydrogen-bond acceptors (Lipinski definition) is 2. The van der Waals surface area contributed by atoms with Gasteiger partial charge in [0.15, 0.2) is 0 Å². The van der Waals surface area contributed by atoms with Gasteiger partial charge >= 0.3 is 5.97 Å². The minimum absolute atomic E-state index is 0.121. The highest BCUT2D eigenvalue weighted by atomic mass is 16.4. The van der Waals surface area contributed by atoms with Crippen LogP contribution in [0.5, 0.6) is 0 Å². The molecule has 9 unspecified atom stereocenters. The van der Waals surface area contributed by atoms with Crippen LogP contribution in [0.15, 0.2) is 0 Å². The SMILES string of the molecule is CCCCC1C(C(=O)O)CC[C@]2(C)C1CCC1C3(C)CCC(O)C(C)C3CCC12C. The van der Waals surface area contributed by atoms with Gasteiger partial charge < -0.3 is 10.2 Å². The quantitative estimate of drug-likeness (QED) is 0.545. The molecule has 3 heteroatoms. The number of aliphatic hydroxyl groups excluding tert-OH is 1. The summed E-state index contributed by atoms with van der Waals surface area (Å²) in [4.78, 5) is 12.2. The summed E-state index contributed by atoms with van der Waals surface area (Å²) in [6, 6.07) is 0. The minimum Gasteiger partial charge on any atom is -0.481 e. The fourth-order valence-corrected chi connectivity index (χ4v) is 9.83. The van der Waals surface area contributed by atoms with E-state index in [0.717, 1.165) is 38.5 Å². The van der Waals surface area contributed by atoms with Gasteiger partial charge in [-0.15, -0.1) is 0 Å². The van der Waals surface area contributed by atoms with E-state index in [9.17, 15) is 15.0 Å². The van der Waals surface area contributed by atoms with Gasteiger partial charge in [0.2, 0.25) is 0 Å². The zero-order valence-electron chi connectivity index (χ0n) is 20.1. The molecule has 0 heterocycles. The van der Waals surface area contributed by atoms with Gasteiger partial charge in [-0.2, -0.15) is 0 Å². The summed E-state index contributed by atoms with van der Waals surface area (Å²) in [7, 11) is 0. The van der Waals surface area contributed by atoms with Crippen molar-refractivity contribution >= 4 is 5.97 Å². The Balaban J connectivity index is 1.68. The number of hydrogen-bond donors (Lipinski definition) is 2. The van der Waals surface area contributed by atoms with Crippen LogP contribution in [0.25, 0.3) is 0 Å². The Bertz CT molecular complexity index is 660. The van der Waals surface area contributed by atoms with E-state index >= 15 is 0 Å². The number of rotatable bonds is 4. The van der Waals surface area contributed by atoms with E-state index in [-0.39, 0.29) is 17.4 Å². The summed E-state index contributed by atoms with van der Waals surface area (Å²) in [5.41, 5.74) is 0.896. The lowest BCUT2D eigenvalue weighted by Gasteiger charge is -2.71. The molecule has 4 saturated carbocycles. The Morgan fingerprint density at radius 2 is 1.63 bits per heavy atom. The second kappa shape index (κ2) is 7.78. The molecular weight excluding hydrogens is 372 g/mol. The van der Waals surface area contributed by atoms with E-state index in [1.54, 1.807) is 0 Å². The van der Waals surface area contributed by atoms with Crippen LogP contribution in [0, 0.1) is 51.8 Å². The third kappa shape index (κ3) is 3.04. The Hall–Kier alpha value is -0.570. The average molecular weight is 419 g/mol. The number of carboxylic acid groups (broad SMARTS) is 1. The smallest absolute Gasteiger partial charge is 0.306 e. The second-order valence-corrected chi connectivity index (χ2v) is 12.5. The van der Waals surface area contributed by atoms with Crippen LogP contribution in [-0.2, 0) is 4.79 Å². The zero-order valence-corrected chi connectivity index (χ0v) is 20.1. The first-order chi connectivity index (χ1) is 14.1. The van der Waals surface area contributed by atoms with Crippen LogP contribution in [0.1, 0.15) is 105 Å². The monoisotopic (exact) mass is 418 g/mol. The molecule has 0 aromatic rings. The van der Waals surface area contributed by atoms with Crippen molar-refractivity contribution in [1.82, 2.24) is 0 Å². The normalized spacial score (nSPS) is 53.3. The van der Waals surface area contributed by atoms with Crippen LogP contribution in [0.4, 0.5) is 0 Å². The topological polar surface area (TPSA) is 57.5 Å². The largest absolute Gasteiger partial charge is 0.481 e. The van der Waals surface area contributed by atoms with Crippen molar-refractivity contribution in [3.05, 3.63) is 0 Å². The van der Waals surface area contributed by atoms with E-state index in [0.29, 0.717) is 40.4 Å². The first-order valence-corrected chi connectivity index (χ1v) is 13.0. The lowest BCUT2D eigenvalue weighted by molar-refractivity contribution is -0.228. The molecule has 30 heavy (non-hydrogen) atoms. The van der Waals surface area contributed by atoms with Gasteiger partial charge in [0.25, 0.3) is 0 Å². The molecule has 0 saturated heterocycles. The molecule has 4 fully saturated rings. The molecule has 4 aliphatic rings. The van der Waals surface area contributed by atoms with Crippen molar-refractivity contribution in [3.63, 3.8) is 0 Å². The molecule has 10 atom stereocenters. The molecule has 0 bridgehead atoms. The lowest BCUT2D eigenvalue weighted by atomic mass is 9.34. The molecule has 2 N–H and O–H groups in total. The molecule has 172 valence electrons. The molecule has 4 rings (SSSR count). The summed E-state index contributed by atoms with van der Waals surface area (Å²) in [5.74, 6) is 2.02. The van der Waals surface area contributed by atoms with Gasteiger partial charge in [-0.05, 0) is 104 Å². The number of aliphatic carboxylic acids is 1. The van der Waals surface area contributed by atoms with Gasteiger partial charge in [0.05, 0.1) is 12.0 Å². The molecular formula is C27H46O3. The van der Waals surface area contributed by atoms with Crippen LogP contribution in [0.2, 0.25) is 0 Å². The highest BCUT2D eigenvalue weighted by molar-refractivity contribution is 5.70. The summed E-state index contributed by atoms with van der Waals surface area (Å²) >= 11 is 0. The second-order valence-electron chi connectivity index (χ2n) is 12.5. The first-order valence-electron chi connectivity index (χ1n) is 13.0. The highest BCUT2D eigenvalue weighted by Crippen LogP contribution is 2.73. The summed E-state index contributed by atoms with van der Waals surface area (Å²) in [6.07, 6.45) is 12.4. The summed E-state index contributed by atoms with van der Waals surface area (Å²) in [5, 5.41) is 20.6. The fourth-order valence-electron chi connectivity index (χ4n) is 9.83. The maximum atomic E-state index is 12.2. The third-order valence-electron chi connectivity index (χ3n) is 11.7. The number of carboxylic acids is 1. The number of aliphatic hydroxyl groups is 1. The Labute approximate surface area is 184 Å². The Morgan fingerprint density at radius 3 is 2.30 bits per heavy atom. The van der Waals surface area contributed by atoms with E-state index in [1.807, 2.05) is 0 Å². The van der Waals surface area contributed by atoms with Gasteiger partial charge in [-0.3, -0.25) is 4.79 Å². The highest BCUT2D eigenvalue weighted by Gasteiger charge is 2.67. The van der Waals surface area contributed by atoms with Crippen LogP contribution in [-0.4, -0.2) is 22.3 Å². The molecule has 0 aliphatic heterocycles. The van der Waals surface area contributed by atoms with Crippen LogP contribution in [0.3, 0.4) is 0 Å². The Morgan fingerprint density at radius 1 is 0.933 bits per heavy atom. The van der Waals surface area contributed by atoms with Gasteiger partial charge in [0.1, 0.15) is 0 Å². The van der Waals surface area contributed by atoms with E-state index < -0.39 is 5.97 Å². The molecule has 0 spiro atoms. The van der Waals surface area contributed by atoms with Crippen molar-refractivity contribution < 1.29 is 15.0 Å². The predicted octanol–water partition coefficient (Wildman–Crippen LogP) is 6.53. The third-order valence-corrected chi connectivity index (χ3v) is 11.7. The van der Waals surface area contributed by atoms with Crippen molar-refractivity contribution in [1.29, 1.82) is 0 Å². The zero-order chi connectivity index (χ0) is 21.9. The first kappa shape index (κ1) is 22.6. The Kier molecular flexibility index (Phi) is 5.87. The standard InChI is InChI=1S/C27H46O3/c1-6-7-8-18-19(24(29)30)11-15-26(4)21(18)9-10-23-25(3)14-13-22(28)17(2)20(25)12-16-27(23,26)5/h17-23,28H,6-16H2,1-5H3,(H,29,30)/t17?,18?,19?,20?,21?,22?,23?,25?,26-,27?/m1/s1. The molecule has 0 aromatic heterocycles. The van der Waals surface area contributed by atoms with E-state index in [1.165, 1.54) is 32.1 Å². The number of carbonyl (C=O) groups is 1.